The van der Waals surface area contributed by atoms with Gasteiger partial charge in [-0.05, 0) is 56.6 Å². The van der Waals surface area contributed by atoms with Crippen LogP contribution in [0.15, 0.2) is 194 Å². The quantitative estimate of drug-likeness (QED) is 0.170. The average molecular weight is 637 g/mol. The van der Waals surface area contributed by atoms with Gasteiger partial charge in [0.25, 0.3) is 0 Å². The second-order valence-electron chi connectivity index (χ2n) is 12.5. The van der Waals surface area contributed by atoms with Gasteiger partial charge in [0.1, 0.15) is 0 Å². The minimum atomic E-state index is 0.887. The summed E-state index contributed by atoms with van der Waals surface area (Å²) in [4.78, 5) is 11.1. The fraction of sp³-hybridized carbons (Fsp3) is 0. The van der Waals surface area contributed by atoms with E-state index < -0.39 is 0 Å². The molecule has 9 rings (SSSR count). The Morgan fingerprint density at radius 2 is 0.520 bits per heavy atom. The molecular weight excluding hydrogens is 605 g/mol. The first-order valence-corrected chi connectivity index (χ1v) is 17.0. The molecule has 2 aromatic heterocycles. The van der Waals surface area contributed by atoms with Crippen molar-refractivity contribution in [2.75, 3.05) is 0 Å². The molecule has 50 heavy (non-hydrogen) atoms. The Bertz CT molecular complexity index is 2430. The van der Waals surface area contributed by atoms with E-state index >= 15 is 0 Å². The lowest BCUT2D eigenvalue weighted by Crippen LogP contribution is -1.97. The van der Waals surface area contributed by atoms with Gasteiger partial charge in [-0.25, -0.2) is 9.97 Å². The number of fused-ring (bicyclic) bond motifs is 3. The predicted octanol–water partition coefficient (Wildman–Crippen LogP) is 12.8. The minimum Gasteiger partial charge on any atom is -0.245 e. The van der Waals surface area contributed by atoms with E-state index in [0.29, 0.717) is 0 Å². The number of aromatic nitrogens is 2. The van der Waals surface area contributed by atoms with Crippen molar-refractivity contribution < 1.29 is 0 Å². The molecule has 7 aromatic carbocycles. The summed E-state index contributed by atoms with van der Waals surface area (Å²) in [5, 5.41) is 2.15. The van der Waals surface area contributed by atoms with Crippen LogP contribution >= 0.6 is 0 Å². The summed E-state index contributed by atoms with van der Waals surface area (Å²) in [6.45, 7) is 0. The highest BCUT2D eigenvalue weighted by molar-refractivity contribution is 6.13. The van der Waals surface area contributed by atoms with Gasteiger partial charge in [0.15, 0.2) is 0 Å². The van der Waals surface area contributed by atoms with E-state index in [1.807, 2.05) is 0 Å². The molecule has 0 saturated carbocycles. The Morgan fingerprint density at radius 1 is 0.240 bits per heavy atom. The highest BCUT2D eigenvalue weighted by atomic mass is 14.8. The maximum Gasteiger partial charge on any atom is 0.0978 e. The SMILES string of the molecule is c1ccc(-c2ccccc2-c2cc(-c3ccccc3)c3ccc4c(-c5ccccc5)cc(-c5ccccc5-c5ccccc5)nc4c3n2)cc1. The molecular formula is C48H32N2. The van der Waals surface area contributed by atoms with E-state index in [4.69, 9.17) is 9.97 Å². The number of rotatable bonds is 6. The minimum absolute atomic E-state index is 0.887. The second kappa shape index (κ2) is 12.8. The number of nitrogens with zero attached hydrogens (tertiary/aromatic N) is 2. The summed E-state index contributed by atoms with van der Waals surface area (Å²) in [6, 6.07) is 68.5. The first-order valence-electron chi connectivity index (χ1n) is 17.0. The maximum absolute atomic E-state index is 5.53. The van der Waals surface area contributed by atoms with E-state index in [0.717, 1.165) is 88.8 Å². The lowest BCUT2D eigenvalue weighted by atomic mass is 9.91. The van der Waals surface area contributed by atoms with Crippen molar-refractivity contribution in [1.29, 1.82) is 0 Å². The first-order chi connectivity index (χ1) is 24.8. The Morgan fingerprint density at radius 3 is 0.860 bits per heavy atom. The molecule has 0 N–H and O–H groups in total. The molecule has 9 aromatic rings. The number of pyridine rings is 2. The topological polar surface area (TPSA) is 25.8 Å². The first kappa shape index (κ1) is 29.5. The molecule has 234 valence electrons. The van der Waals surface area contributed by atoms with E-state index in [1.54, 1.807) is 0 Å². The number of benzene rings is 7. The van der Waals surface area contributed by atoms with Crippen LogP contribution in [0.3, 0.4) is 0 Å². The Hall–Kier alpha value is -6.64. The van der Waals surface area contributed by atoms with Gasteiger partial charge in [-0.1, -0.05) is 182 Å². The van der Waals surface area contributed by atoms with Gasteiger partial charge in [0, 0.05) is 21.9 Å². The molecule has 2 nitrogen and oxygen atoms in total. The van der Waals surface area contributed by atoms with Crippen LogP contribution in [-0.2, 0) is 0 Å². The Labute approximate surface area is 292 Å². The smallest absolute Gasteiger partial charge is 0.0978 e. The van der Waals surface area contributed by atoms with Crippen molar-refractivity contribution >= 4 is 21.8 Å². The zero-order valence-electron chi connectivity index (χ0n) is 27.4. The van der Waals surface area contributed by atoms with Crippen LogP contribution in [-0.4, -0.2) is 9.97 Å². The van der Waals surface area contributed by atoms with Crippen molar-refractivity contribution in [2.45, 2.75) is 0 Å². The number of hydrogen-bond acceptors (Lipinski definition) is 2. The molecule has 0 radical (unpaired) electrons. The van der Waals surface area contributed by atoms with Crippen molar-refractivity contribution in [2.24, 2.45) is 0 Å². The summed E-state index contributed by atoms with van der Waals surface area (Å²) in [5.41, 5.74) is 15.0. The van der Waals surface area contributed by atoms with Gasteiger partial charge in [-0.2, -0.15) is 0 Å². The largest absolute Gasteiger partial charge is 0.245 e. The summed E-state index contributed by atoms with van der Waals surface area (Å²) in [6.07, 6.45) is 0. The lowest BCUT2D eigenvalue weighted by Gasteiger charge is -2.17. The average Bonchev–Trinajstić information content (AvgIpc) is 3.21. The van der Waals surface area contributed by atoms with Gasteiger partial charge in [-0.15, -0.1) is 0 Å². The second-order valence-corrected chi connectivity index (χ2v) is 12.5. The lowest BCUT2D eigenvalue weighted by molar-refractivity contribution is 1.36. The van der Waals surface area contributed by atoms with E-state index in [1.165, 1.54) is 0 Å². The molecule has 2 heterocycles. The fourth-order valence-electron chi connectivity index (χ4n) is 7.12. The van der Waals surface area contributed by atoms with E-state index in [-0.39, 0.29) is 0 Å². The van der Waals surface area contributed by atoms with Gasteiger partial charge in [-0.3, -0.25) is 0 Å². The van der Waals surface area contributed by atoms with Crippen LogP contribution in [0.1, 0.15) is 0 Å². The molecule has 0 bridgehead atoms. The molecule has 0 aliphatic carbocycles. The molecule has 0 atom stereocenters. The van der Waals surface area contributed by atoms with E-state index in [2.05, 4.69) is 194 Å². The van der Waals surface area contributed by atoms with Crippen LogP contribution in [0.4, 0.5) is 0 Å². The molecule has 0 aliphatic heterocycles. The molecule has 2 heteroatoms. The fourth-order valence-corrected chi connectivity index (χ4v) is 7.12. The molecule has 0 saturated heterocycles. The van der Waals surface area contributed by atoms with Crippen LogP contribution < -0.4 is 0 Å². The monoisotopic (exact) mass is 636 g/mol. The third-order valence-electron chi connectivity index (χ3n) is 9.50. The van der Waals surface area contributed by atoms with Crippen molar-refractivity contribution in [1.82, 2.24) is 9.97 Å². The summed E-state index contributed by atoms with van der Waals surface area (Å²) >= 11 is 0. The highest BCUT2D eigenvalue weighted by Crippen LogP contribution is 2.42. The normalized spacial score (nSPS) is 11.2. The third kappa shape index (κ3) is 5.34. The van der Waals surface area contributed by atoms with Gasteiger partial charge in [0.2, 0.25) is 0 Å². The molecule has 0 fully saturated rings. The zero-order valence-corrected chi connectivity index (χ0v) is 27.4. The molecule has 0 unspecified atom stereocenters. The maximum atomic E-state index is 5.53. The van der Waals surface area contributed by atoms with Gasteiger partial charge < -0.3 is 0 Å². The van der Waals surface area contributed by atoms with Crippen molar-refractivity contribution in [3.8, 4) is 67.0 Å². The van der Waals surface area contributed by atoms with Crippen LogP contribution in [0.25, 0.3) is 88.8 Å². The van der Waals surface area contributed by atoms with Crippen molar-refractivity contribution in [3.05, 3.63) is 194 Å². The standard InChI is InChI=1S/C48H32N2/c1-5-17-33(18-6-1)37-25-13-15-27-39(37)45-31-43(35-21-9-3-10-22-35)41-29-30-42-44(36-23-11-4-12-24-36)32-46(50-48(42)47(41)49-45)40-28-16-14-26-38(40)34-19-7-2-8-20-34/h1-32H. The third-order valence-corrected chi connectivity index (χ3v) is 9.50. The molecule has 0 amide bonds. The number of hydrogen-bond donors (Lipinski definition) is 0. The van der Waals surface area contributed by atoms with Crippen LogP contribution in [0.5, 0.6) is 0 Å². The van der Waals surface area contributed by atoms with Crippen LogP contribution in [0.2, 0.25) is 0 Å². The summed E-state index contributed by atoms with van der Waals surface area (Å²) < 4.78 is 0. The molecule has 0 spiro atoms. The molecule has 0 aliphatic rings. The summed E-state index contributed by atoms with van der Waals surface area (Å²) in [7, 11) is 0. The summed E-state index contributed by atoms with van der Waals surface area (Å²) in [5.74, 6) is 0. The van der Waals surface area contributed by atoms with Gasteiger partial charge >= 0.3 is 0 Å². The Kier molecular flexibility index (Phi) is 7.53. The van der Waals surface area contributed by atoms with E-state index in [9.17, 15) is 0 Å². The van der Waals surface area contributed by atoms with Crippen LogP contribution in [0, 0.1) is 0 Å². The highest BCUT2D eigenvalue weighted by Gasteiger charge is 2.19. The van der Waals surface area contributed by atoms with Gasteiger partial charge in [0.05, 0.1) is 22.4 Å². The predicted molar refractivity (Wildman–Crippen MR) is 210 cm³/mol. The zero-order chi connectivity index (χ0) is 33.3. The van der Waals surface area contributed by atoms with Crippen molar-refractivity contribution in [3.63, 3.8) is 0 Å². The Balaban J connectivity index is 1.39.